The number of hydrogen-bond donors (Lipinski definition) is 2. The average molecular weight is 475 g/mol. The van der Waals surface area contributed by atoms with Crippen molar-refractivity contribution < 1.29 is 17.9 Å². The molecule has 1 heterocycles. The van der Waals surface area contributed by atoms with Crippen LogP contribution >= 0.6 is 11.6 Å². The third-order valence-corrected chi connectivity index (χ3v) is 5.97. The minimum Gasteiger partial charge on any atom is -0.371 e. The number of carbonyl (C=O) groups is 1. The number of hydrogen-bond acceptors (Lipinski definition) is 5. The summed E-state index contributed by atoms with van der Waals surface area (Å²) >= 11 is 6.05. The SMILES string of the molecule is CS(=O)(=O)Nc1cc(Cl)cc(NC(=O)c2cnn(C3CCC3OCc3ccccc3)c2)c1. The minimum atomic E-state index is -3.47. The van der Waals surface area contributed by atoms with Crippen LogP contribution in [0.2, 0.25) is 5.02 Å². The van der Waals surface area contributed by atoms with E-state index in [0.29, 0.717) is 17.9 Å². The maximum atomic E-state index is 12.7. The Morgan fingerprint density at radius 2 is 1.94 bits per heavy atom. The molecule has 8 nitrogen and oxygen atoms in total. The van der Waals surface area contributed by atoms with E-state index in [-0.39, 0.29) is 28.8 Å². The molecule has 2 unspecified atom stereocenters. The van der Waals surface area contributed by atoms with Crippen molar-refractivity contribution in [1.29, 1.82) is 0 Å². The van der Waals surface area contributed by atoms with Crippen molar-refractivity contribution >= 4 is 38.9 Å². The van der Waals surface area contributed by atoms with Gasteiger partial charge in [-0.05, 0) is 36.6 Å². The molecule has 1 aromatic heterocycles. The number of amides is 1. The van der Waals surface area contributed by atoms with E-state index in [1.165, 1.54) is 24.4 Å². The monoisotopic (exact) mass is 474 g/mol. The van der Waals surface area contributed by atoms with Gasteiger partial charge in [0, 0.05) is 16.9 Å². The van der Waals surface area contributed by atoms with Gasteiger partial charge in [-0.1, -0.05) is 41.9 Å². The van der Waals surface area contributed by atoms with Gasteiger partial charge in [0.1, 0.15) is 0 Å². The van der Waals surface area contributed by atoms with Crippen LogP contribution in [0, 0.1) is 0 Å². The number of anilines is 2. The molecule has 0 spiro atoms. The number of nitrogens with zero attached hydrogens (tertiary/aromatic N) is 2. The van der Waals surface area contributed by atoms with Crippen LogP contribution in [-0.2, 0) is 21.4 Å². The highest BCUT2D eigenvalue weighted by Gasteiger charge is 2.34. The van der Waals surface area contributed by atoms with E-state index in [9.17, 15) is 13.2 Å². The summed E-state index contributed by atoms with van der Waals surface area (Å²) in [6.45, 7) is 0.537. The van der Waals surface area contributed by atoms with Gasteiger partial charge in [-0.3, -0.25) is 14.2 Å². The second kappa shape index (κ2) is 9.32. The number of carbonyl (C=O) groups excluding carboxylic acids is 1. The van der Waals surface area contributed by atoms with Crippen molar-refractivity contribution in [3.8, 4) is 0 Å². The maximum Gasteiger partial charge on any atom is 0.258 e. The van der Waals surface area contributed by atoms with Gasteiger partial charge in [0.05, 0.1) is 42.5 Å². The molecule has 1 aliphatic rings. The minimum absolute atomic E-state index is 0.0450. The third-order valence-electron chi connectivity index (χ3n) is 5.15. The lowest BCUT2D eigenvalue weighted by atomic mass is 9.89. The van der Waals surface area contributed by atoms with E-state index in [2.05, 4.69) is 15.1 Å². The van der Waals surface area contributed by atoms with E-state index in [1.54, 1.807) is 10.9 Å². The average Bonchev–Trinajstić information content (AvgIpc) is 3.15. The standard InChI is InChI=1S/C22H23ClN4O4S/c1-32(29,30)26-19-10-17(23)9-18(11-19)25-22(28)16-12-24-27(13-16)20-7-8-21(20)31-14-15-5-3-2-4-6-15/h2-6,9-13,20-21,26H,7-8,14H2,1H3,(H,25,28). The van der Waals surface area contributed by atoms with Crippen molar-refractivity contribution in [1.82, 2.24) is 9.78 Å². The largest absolute Gasteiger partial charge is 0.371 e. The molecule has 3 aromatic rings. The van der Waals surface area contributed by atoms with E-state index in [0.717, 1.165) is 24.7 Å². The number of rotatable bonds is 8. The molecule has 2 N–H and O–H groups in total. The lowest BCUT2D eigenvalue weighted by Crippen LogP contribution is -2.36. The maximum absolute atomic E-state index is 12.7. The van der Waals surface area contributed by atoms with E-state index in [1.807, 2.05) is 30.3 Å². The molecule has 168 valence electrons. The van der Waals surface area contributed by atoms with Crippen LogP contribution in [0.25, 0.3) is 0 Å². The summed E-state index contributed by atoms with van der Waals surface area (Å²) in [6, 6.07) is 14.6. The van der Waals surface area contributed by atoms with Gasteiger partial charge in [-0.2, -0.15) is 5.10 Å². The van der Waals surface area contributed by atoms with Gasteiger partial charge in [0.2, 0.25) is 10.0 Å². The topological polar surface area (TPSA) is 102 Å². The van der Waals surface area contributed by atoms with Crippen LogP contribution in [0.1, 0.15) is 34.8 Å². The molecule has 32 heavy (non-hydrogen) atoms. The number of benzene rings is 2. The Hall–Kier alpha value is -2.88. The highest BCUT2D eigenvalue weighted by Crippen LogP contribution is 2.35. The summed E-state index contributed by atoms with van der Waals surface area (Å²) in [5, 5.41) is 7.37. The van der Waals surface area contributed by atoms with Crippen LogP contribution in [0.5, 0.6) is 0 Å². The molecule has 1 amide bonds. The van der Waals surface area contributed by atoms with E-state index in [4.69, 9.17) is 16.3 Å². The first kappa shape index (κ1) is 22.3. The normalized spacial score (nSPS) is 18.1. The smallest absolute Gasteiger partial charge is 0.258 e. The Labute approximate surface area is 191 Å². The molecule has 2 atom stereocenters. The van der Waals surface area contributed by atoms with Crippen LogP contribution in [-0.4, -0.2) is 36.5 Å². The van der Waals surface area contributed by atoms with Crippen LogP contribution < -0.4 is 10.0 Å². The Morgan fingerprint density at radius 3 is 2.62 bits per heavy atom. The predicted molar refractivity (Wildman–Crippen MR) is 123 cm³/mol. The van der Waals surface area contributed by atoms with Crippen molar-refractivity contribution in [3.05, 3.63) is 77.1 Å². The highest BCUT2D eigenvalue weighted by atomic mass is 35.5. The zero-order valence-electron chi connectivity index (χ0n) is 17.4. The van der Waals surface area contributed by atoms with E-state index >= 15 is 0 Å². The lowest BCUT2D eigenvalue weighted by molar-refractivity contribution is -0.0530. The zero-order chi connectivity index (χ0) is 22.7. The molecule has 2 aromatic carbocycles. The van der Waals surface area contributed by atoms with Gasteiger partial charge in [-0.25, -0.2) is 8.42 Å². The van der Waals surface area contributed by atoms with Gasteiger partial charge < -0.3 is 10.1 Å². The third kappa shape index (κ3) is 5.67. The molecule has 0 saturated heterocycles. The number of nitrogens with one attached hydrogen (secondary N) is 2. The van der Waals surface area contributed by atoms with Gasteiger partial charge >= 0.3 is 0 Å². The van der Waals surface area contributed by atoms with Gasteiger partial charge in [0.15, 0.2) is 0 Å². The van der Waals surface area contributed by atoms with Crippen LogP contribution in [0.3, 0.4) is 0 Å². The van der Waals surface area contributed by atoms with Gasteiger partial charge in [-0.15, -0.1) is 0 Å². The first-order valence-corrected chi connectivity index (χ1v) is 12.3. The molecule has 0 radical (unpaired) electrons. The first-order chi connectivity index (χ1) is 15.3. The molecular weight excluding hydrogens is 452 g/mol. The summed E-state index contributed by atoms with van der Waals surface area (Å²) in [6.07, 6.45) is 6.15. The fraction of sp³-hybridized carbons (Fsp3) is 0.273. The van der Waals surface area contributed by atoms with Crippen molar-refractivity contribution in [2.24, 2.45) is 0 Å². The van der Waals surface area contributed by atoms with Crippen molar-refractivity contribution in [3.63, 3.8) is 0 Å². The van der Waals surface area contributed by atoms with Crippen LogP contribution in [0.15, 0.2) is 60.9 Å². The van der Waals surface area contributed by atoms with Crippen LogP contribution in [0.4, 0.5) is 11.4 Å². The summed E-state index contributed by atoms with van der Waals surface area (Å²) in [4.78, 5) is 12.7. The fourth-order valence-corrected chi connectivity index (χ4v) is 4.28. The number of halogens is 1. The van der Waals surface area contributed by atoms with Gasteiger partial charge in [0.25, 0.3) is 5.91 Å². The second-order valence-electron chi connectivity index (χ2n) is 7.75. The molecule has 4 rings (SSSR count). The quantitative estimate of drug-likeness (QED) is 0.512. The second-order valence-corrected chi connectivity index (χ2v) is 9.93. The Bertz CT molecular complexity index is 1210. The Kier molecular flexibility index (Phi) is 6.50. The zero-order valence-corrected chi connectivity index (χ0v) is 18.9. The Balaban J connectivity index is 1.39. The summed E-state index contributed by atoms with van der Waals surface area (Å²) in [7, 11) is -3.47. The van der Waals surface area contributed by atoms with E-state index < -0.39 is 10.0 Å². The molecule has 10 heteroatoms. The predicted octanol–water partition coefficient (Wildman–Crippen LogP) is 4.08. The number of ether oxygens (including phenoxy) is 1. The molecule has 1 aliphatic carbocycles. The lowest BCUT2D eigenvalue weighted by Gasteiger charge is -2.36. The highest BCUT2D eigenvalue weighted by molar-refractivity contribution is 7.92. The fourth-order valence-electron chi connectivity index (χ4n) is 3.50. The molecular formula is C22H23ClN4O4S. The molecule has 1 saturated carbocycles. The Morgan fingerprint density at radius 1 is 1.19 bits per heavy atom. The summed E-state index contributed by atoms with van der Waals surface area (Å²) < 4.78 is 33.1. The first-order valence-electron chi connectivity index (χ1n) is 10.1. The molecule has 0 aliphatic heterocycles. The summed E-state index contributed by atoms with van der Waals surface area (Å²) in [5.41, 5.74) is 2.13. The van der Waals surface area contributed by atoms with Crippen molar-refractivity contribution in [2.45, 2.75) is 31.6 Å². The molecule has 1 fully saturated rings. The number of sulfonamides is 1. The summed E-state index contributed by atoms with van der Waals surface area (Å²) in [5.74, 6) is -0.370. The van der Waals surface area contributed by atoms with Crippen molar-refractivity contribution in [2.75, 3.05) is 16.3 Å². The number of aromatic nitrogens is 2. The molecule has 0 bridgehead atoms.